The van der Waals surface area contributed by atoms with Crippen molar-refractivity contribution in [3.63, 3.8) is 0 Å². The second-order valence-electron chi connectivity index (χ2n) is 4.17. The Morgan fingerprint density at radius 2 is 1.95 bits per heavy atom. The first-order valence-corrected chi connectivity index (χ1v) is 5.84. The van der Waals surface area contributed by atoms with E-state index in [2.05, 4.69) is 11.1 Å². The summed E-state index contributed by atoms with van der Waals surface area (Å²) in [5.74, 6) is 1.22. The molecule has 0 spiro atoms. The molecule has 96 valence electrons. The van der Waals surface area contributed by atoms with Gasteiger partial charge in [0.2, 0.25) is 0 Å². The summed E-state index contributed by atoms with van der Waals surface area (Å²) in [6.07, 6.45) is 3.56. The van der Waals surface area contributed by atoms with Crippen molar-refractivity contribution in [2.45, 2.75) is 13.5 Å². The maximum absolute atomic E-state index is 8.93. The highest BCUT2D eigenvalue weighted by molar-refractivity contribution is 5.43. The molecule has 0 atom stereocenters. The summed E-state index contributed by atoms with van der Waals surface area (Å²) >= 11 is 0. The number of nitrogens with zero attached hydrogens (tertiary/aromatic N) is 2. The van der Waals surface area contributed by atoms with Crippen LogP contribution in [0.1, 0.15) is 16.7 Å². The van der Waals surface area contributed by atoms with Gasteiger partial charge in [0.25, 0.3) is 0 Å². The van der Waals surface area contributed by atoms with Gasteiger partial charge in [-0.1, -0.05) is 0 Å². The third-order valence-electron chi connectivity index (χ3n) is 2.58. The Labute approximate surface area is 112 Å². The van der Waals surface area contributed by atoms with Gasteiger partial charge in [-0.05, 0) is 30.7 Å². The van der Waals surface area contributed by atoms with Gasteiger partial charge in [0.05, 0.1) is 18.7 Å². The molecule has 1 heterocycles. The number of ether oxygens (including phenoxy) is 2. The normalized spacial score (nSPS) is 9.74. The molecule has 2 aromatic rings. The molecule has 4 nitrogen and oxygen atoms in total. The highest BCUT2D eigenvalue weighted by Gasteiger charge is 2.03. The number of nitriles is 1. The Hall–Kier alpha value is -2.54. The van der Waals surface area contributed by atoms with Crippen LogP contribution < -0.4 is 9.47 Å². The standard InChI is InChI=1S/C15H14N2O2/c1-11-3-13(9-17-8-11)10-19-15-5-12(7-16)4-14(6-15)18-2/h3-6,8-9H,10H2,1-2H3. The lowest BCUT2D eigenvalue weighted by molar-refractivity contribution is 0.303. The van der Waals surface area contributed by atoms with Gasteiger partial charge in [-0.2, -0.15) is 5.26 Å². The highest BCUT2D eigenvalue weighted by atomic mass is 16.5. The Balaban J connectivity index is 2.13. The van der Waals surface area contributed by atoms with Crippen molar-refractivity contribution >= 4 is 0 Å². The summed E-state index contributed by atoms with van der Waals surface area (Å²) in [4.78, 5) is 4.11. The molecule has 1 aromatic heterocycles. The van der Waals surface area contributed by atoms with Crippen LogP contribution in [0, 0.1) is 18.3 Å². The quantitative estimate of drug-likeness (QED) is 0.841. The maximum Gasteiger partial charge on any atom is 0.124 e. The molecule has 0 N–H and O–H groups in total. The molecule has 0 radical (unpaired) electrons. The third-order valence-corrected chi connectivity index (χ3v) is 2.58. The van der Waals surface area contributed by atoms with E-state index in [1.807, 2.05) is 13.0 Å². The van der Waals surface area contributed by atoms with Crippen molar-refractivity contribution in [3.05, 3.63) is 53.3 Å². The molecule has 0 aliphatic heterocycles. The zero-order valence-corrected chi connectivity index (χ0v) is 10.9. The van der Waals surface area contributed by atoms with Crippen LogP contribution in [0.25, 0.3) is 0 Å². The van der Waals surface area contributed by atoms with Gasteiger partial charge >= 0.3 is 0 Å². The van der Waals surface area contributed by atoms with Crippen LogP contribution in [0.5, 0.6) is 11.5 Å². The summed E-state index contributed by atoms with van der Waals surface area (Å²) in [5.41, 5.74) is 2.59. The van der Waals surface area contributed by atoms with Crippen LogP contribution in [0.3, 0.4) is 0 Å². The highest BCUT2D eigenvalue weighted by Crippen LogP contribution is 2.23. The minimum atomic E-state index is 0.409. The Kier molecular flexibility index (Phi) is 3.99. The van der Waals surface area contributed by atoms with Gasteiger partial charge in [0.15, 0.2) is 0 Å². The lowest BCUT2D eigenvalue weighted by Gasteiger charge is -2.08. The van der Waals surface area contributed by atoms with E-state index in [9.17, 15) is 0 Å². The average Bonchev–Trinajstić information content (AvgIpc) is 2.44. The lowest BCUT2D eigenvalue weighted by Crippen LogP contribution is -1.97. The van der Waals surface area contributed by atoms with Crippen molar-refractivity contribution in [2.75, 3.05) is 7.11 Å². The molecule has 0 amide bonds. The van der Waals surface area contributed by atoms with Gasteiger partial charge in [-0.3, -0.25) is 4.98 Å². The van der Waals surface area contributed by atoms with E-state index in [0.717, 1.165) is 11.1 Å². The summed E-state index contributed by atoms with van der Waals surface area (Å²) in [5, 5.41) is 8.93. The van der Waals surface area contributed by atoms with E-state index in [1.165, 1.54) is 0 Å². The third kappa shape index (κ3) is 3.46. The topological polar surface area (TPSA) is 55.1 Å². The molecule has 4 heteroatoms. The van der Waals surface area contributed by atoms with Crippen molar-refractivity contribution in [1.82, 2.24) is 4.98 Å². The molecule has 19 heavy (non-hydrogen) atoms. The number of aromatic nitrogens is 1. The minimum absolute atomic E-state index is 0.409. The van der Waals surface area contributed by atoms with Crippen LogP contribution in [0.2, 0.25) is 0 Å². The maximum atomic E-state index is 8.93. The van der Waals surface area contributed by atoms with Crippen molar-refractivity contribution < 1.29 is 9.47 Å². The first-order chi connectivity index (χ1) is 9.21. The van der Waals surface area contributed by atoms with Crippen LogP contribution in [-0.4, -0.2) is 12.1 Å². The van der Waals surface area contributed by atoms with Gasteiger partial charge in [-0.25, -0.2) is 0 Å². The second-order valence-corrected chi connectivity index (χ2v) is 4.17. The van der Waals surface area contributed by atoms with Crippen LogP contribution in [-0.2, 0) is 6.61 Å². The smallest absolute Gasteiger partial charge is 0.124 e. The Morgan fingerprint density at radius 3 is 2.63 bits per heavy atom. The molecule has 1 aromatic carbocycles. The Morgan fingerprint density at radius 1 is 1.16 bits per heavy atom. The number of methoxy groups -OCH3 is 1. The minimum Gasteiger partial charge on any atom is -0.497 e. The second kappa shape index (κ2) is 5.87. The molecule has 0 unspecified atom stereocenters. The molecule has 2 rings (SSSR count). The zero-order valence-electron chi connectivity index (χ0n) is 10.9. The number of benzene rings is 1. The monoisotopic (exact) mass is 254 g/mol. The van der Waals surface area contributed by atoms with Crippen LogP contribution in [0.4, 0.5) is 0 Å². The molecule has 0 saturated heterocycles. The van der Waals surface area contributed by atoms with Gasteiger partial charge < -0.3 is 9.47 Å². The fourth-order valence-corrected chi connectivity index (χ4v) is 1.70. The SMILES string of the molecule is COc1cc(C#N)cc(OCc2cncc(C)c2)c1. The predicted octanol–water partition coefficient (Wildman–Crippen LogP) is 2.85. The number of rotatable bonds is 4. The summed E-state index contributed by atoms with van der Waals surface area (Å²) in [6, 6.07) is 9.20. The summed E-state index contributed by atoms with van der Waals surface area (Å²) < 4.78 is 10.8. The van der Waals surface area contributed by atoms with E-state index < -0.39 is 0 Å². The Bertz CT molecular complexity index is 618. The van der Waals surface area contributed by atoms with E-state index in [4.69, 9.17) is 14.7 Å². The summed E-state index contributed by atoms with van der Waals surface area (Å²) in [6.45, 7) is 2.39. The van der Waals surface area contributed by atoms with Crippen molar-refractivity contribution in [1.29, 1.82) is 5.26 Å². The average molecular weight is 254 g/mol. The zero-order chi connectivity index (χ0) is 13.7. The van der Waals surface area contributed by atoms with Crippen LogP contribution in [0.15, 0.2) is 36.7 Å². The molecule has 0 aliphatic carbocycles. The fraction of sp³-hybridized carbons (Fsp3) is 0.200. The molecule has 0 aliphatic rings. The number of pyridine rings is 1. The summed E-state index contributed by atoms with van der Waals surface area (Å²) in [7, 11) is 1.56. The van der Waals surface area contributed by atoms with Crippen molar-refractivity contribution in [2.24, 2.45) is 0 Å². The first kappa shape index (κ1) is 12.9. The molecular weight excluding hydrogens is 240 g/mol. The van der Waals surface area contributed by atoms with Gasteiger partial charge in [-0.15, -0.1) is 0 Å². The van der Waals surface area contributed by atoms with E-state index in [0.29, 0.717) is 23.7 Å². The molecule has 0 bridgehead atoms. The van der Waals surface area contributed by atoms with E-state index in [-0.39, 0.29) is 0 Å². The van der Waals surface area contributed by atoms with E-state index in [1.54, 1.807) is 37.7 Å². The fourth-order valence-electron chi connectivity index (χ4n) is 1.70. The molecular formula is C15H14N2O2. The van der Waals surface area contributed by atoms with Crippen molar-refractivity contribution in [3.8, 4) is 17.6 Å². The molecule has 0 saturated carbocycles. The van der Waals surface area contributed by atoms with E-state index >= 15 is 0 Å². The van der Waals surface area contributed by atoms with Gasteiger partial charge in [0, 0.05) is 24.0 Å². The first-order valence-electron chi connectivity index (χ1n) is 5.84. The predicted molar refractivity (Wildman–Crippen MR) is 71.0 cm³/mol. The van der Waals surface area contributed by atoms with Gasteiger partial charge in [0.1, 0.15) is 18.1 Å². The van der Waals surface area contributed by atoms with Crippen LogP contribution >= 0.6 is 0 Å². The number of hydrogen-bond donors (Lipinski definition) is 0. The number of hydrogen-bond acceptors (Lipinski definition) is 4. The lowest BCUT2D eigenvalue weighted by atomic mass is 10.2. The largest absolute Gasteiger partial charge is 0.497 e. The number of aryl methyl sites for hydroxylation is 1. The molecule has 0 fully saturated rings.